The fourth-order valence-corrected chi connectivity index (χ4v) is 2.13. The summed E-state index contributed by atoms with van der Waals surface area (Å²) in [6.45, 7) is -0.560. The molecule has 2 saturated heterocycles. The molecule has 118 valence electrons. The highest BCUT2D eigenvalue weighted by atomic mass is 16.7. The molecule has 2 aliphatic rings. The zero-order valence-electron chi connectivity index (χ0n) is 10.6. The molecular weight excluding hydrogens is 276 g/mol. The highest BCUT2D eigenvalue weighted by Crippen LogP contribution is 2.20. The fraction of sp³-hybridized carbons (Fsp3) is 1.00. The Hall–Kier alpha value is -0.360. The Balaban J connectivity index is 1.83. The van der Waals surface area contributed by atoms with Gasteiger partial charge in [-0.25, -0.2) is 0 Å². The smallest absolute Gasteiger partial charge is 0.186 e. The molecule has 9 nitrogen and oxygen atoms in total. The Morgan fingerprint density at radius 2 is 1.30 bits per heavy atom. The normalized spacial score (nSPS) is 50.1. The van der Waals surface area contributed by atoms with Crippen LogP contribution in [0.3, 0.4) is 0 Å². The van der Waals surface area contributed by atoms with Crippen molar-refractivity contribution in [3.05, 3.63) is 0 Å². The second-order valence-corrected chi connectivity index (χ2v) is 5.00. The third kappa shape index (κ3) is 3.27. The van der Waals surface area contributed by atoms with Gasteiger partial charge in [0, 0.05) is 0 Å². The Kier molecular flexibility index (Phi) is 5.29. The van der Waals surface area contributed by atoms with Crippen LogP contribution in [-0.2, 0) is 14.2 Å². The van der Waals surface area contributed by atoms with Crippen LogP contribution < -0.4 is 0 Å². The van der Waals surface area contributed by atoms with Crippen molar-refractivity contribution in [2.24, 2.45) is 0 Å². The lowest BCUT2D eigenvalue weighted by atomic mass is 10.0. The lowest BCUT2D eigenvalue weighted by Gasteiger charge is -2.38. The molecule has 0 aromatic carbocycles. The monoisotopic (exact) mass is 296 g/mol. The molecule has 9 heteroatoms. The molecule has 2 rings (SSSR count). The van der Waals surface area contributed by atoms with E-state index in [1.54, 1.807) is 0 Å². The molecule has 0 saturated carbocycles. The molecule has 2 heterocycles. The van der Waals surface area contributed by atoms with Crippen LogP contribution in [0.5, 0.6) is 0 Å². The molecule has 2 aliphatic heterocycles. The highest BCUT2D eigenvalue weighted by molar-refractivity contribution is 4.87. The van der Waals surface area contributed by atoms with Gasteiger partial charge < -0.3 is 44.8 Å². The number of rotatable bonds is 3. The van der Waals surface area contributed by atoms with Crippen molar-refractivity contribution in [2.45, 2.75) is 49.0 Å². The second-order valence-electron chi connectivity index (χ2n) is 5.00. The van der Waals surface area contributed by atoms with E-state index in [0.29, 0.717) is 0 Å². The Morgan fingerprint density at radius 1 is 0.750 bits per heavy atom. The van der Waals surface area contributed by atoms with Crippen LogP contribution in [0.4, 0.5) is 0 Å². The topological polar surface area (TPSA) is 149 Å². The van der Waals surface area contributed by atoms with Crippen LogP contribution in [0.2, 0.25) is 0 Å². The minimum atomic E-state index is -1.44. The molecule has 0 amide bonds. The first-order chi connectivity index (χ1) is 9.41. The minimum Gasteiger partial charge on any atom is -0.388 e. The first-order valence-corrected chi connectivity index (χ1v) is 6.35. The van der Waals surface area contributed by atoms with E-state index in [9.17, 15) is 30.6 Å². The van der Waals surface area contributed by atoms with Gasteiger partial charge in [0.25, 0.3) is 0 Å². The number of hydrogen-bond donors (Lipinski definition) is 6. The predicted molar refractivity (Wildman–Crippen MR) is 61.5 cm³/mol. The predicted octanol–water partition coefficient (Wildman–Crippen LogP) is -4.08. The molecule has 0 aromatic heterocycles. The molecule has 2 fully saturated rings. The molecule has 0 spiro atoms. The van der Waals surface area contributed by atoms with Crippen molar-refractivity contribution < 1.29 is 44.8 Å². The average Bonchev–Trinajstić information content (AvgIpc) is 2.43. The molecule has 8 atom stereocenters. The van der Waals surface area contributed by atoms with Crippen LogP contribution in [0.15, 0.2) is 0 Å². The van der Waals surface area contributed by atoms with Crippen LogP contribution in [0.1, 0.15) is 0 Å². The molecule has 6 N–H and O–H groups in total. The van der Waals surface area contributed by atoms with Crippen molar-refractivity contribution in [2.75, 3.05) is 19.8 Å². The number of aliphatic hydroxyl groups excluding tert-OH is 6. The van der Waals surface area contributed by atoms with Gasteiger partial charge in [-0.05, 0) is 0 Å². The summed E-state index contributed by atoms with van der Waals surface area (Å²) in [5.41, 5.74) is 0. The summed E-state index contributed by atoms with van der Waals surface area (Å²) in [6.07, 6.45) is -9.94. The summed E-state index contributed by atoms with van der Waals surface area (Å²) in [5.74, 6) is 0. The SMILES string of the molecule is O[C@@H]1[C@@H](O)[C@H](OC[C@H]2OC[C@H](O)[C@@H](O)[C@@H]2O)OC[C@H]1O. The van der Waals surface area contributed by atoms with Gasteiger partial charge >= 0.3 is 0 Å². The Labute approximate surface area is 114 Å². The summed E-state index contributed by atoms with van der Waals surface area (Å²) < 4.78 is 15.3. The number of hydrogen-bond acceptors (Lipinski definition) is 9. The van der Waals surface area contributed by atoms with Crippen molar-refractivity contribution >= 4 is 0 Å². The van der Waals surface area contributed by atoms with Crippen molar-refractivity contribution in [3.8, 4) is 0 Å². The van der Waals surface area contributed by atoms with E-state index in [4.69, 9.17) is 14.2 Å². The summed E-state index contributed by atoms with van der Waals surface area (Å²) >= 11 is 0. The lowest BCUT2D eigenvalue weighted by molar-refractivity contribution is -0.285. The van der Waals surface area contributed by atoms with Gasteiger partial charge in [-0.3, -0.25) is 0 Å². The van der Waals surface area contributed by atoms with E-state index >= 15 is 0 Å². The summed E-state index contributed by atoms with van der Waals surface area (Å²) in [7, 11) is 0. The largest absolute Gasteiger partial charge is 0.388 e. The van der Waals surface area contributed by atoms with Crippen LogP contribution >= 0.6 is 0 Å². The molecule has 0 aromatic rings. The number of ether oxygens (including phenoxy) is 3. The summed E-state index contributed by atoms with van der Waals surface area (Å²) in [5, 5.41) is 56.9. The van der Waals surface area contributed by atoms with Gasteiger partial charge in [-0.15, -0.1) is 0 Å². The zero-order valence-corrected chi connectivity index (χ0v) is 10.6. The van der Waals surface area contributed by atoms with Gasteiger partial charge in [0.15, 0.2) is 6.29 Å². The number of aliphatic hydroxyl groups is 6. The van der Waals surface area contributed by atoms with E-state index in [1.165, 1.54) is 0 Å². The van der Waals surface area contributed by atoms with E-state index in [0.717, 1.165) is 0 Å². The summed E-state index contributed by atoms with van der Waals surface area (Å²) in [6, 6.07) is 0. The first kappa shape index (κ1) is 16.0. The van der Waals surface area contributed by atoms with Gasteiger partial charge in [0.1, 0.15) is 42.7 Å². The van der Waals surface area contributed by atoms with E-state index in [-0.39, 0.29) is 19.8 Å². The maximum absolute atomic E-state index is 9.69. The second kappa shape index (κ2) is 6.60. The van der Waals surface area contributed by atoms with Crippen molar-refractivity contribution in [1.29, 1.82) is 0 Å². The van der Waals surface area contributed by atoms with Crippen LogP contribution in [0, 0.1) is 0 Å². The van der Waals surface area contributed by atoms with Gasteiger partial charge in [-0.2, -0.15) is 0 Å². The highest BCUT2D eigenvalue weighted by Gasteiger charge is 2.41. The van der Waals surface area contributed by atoms with Crippen molar-refractivity contribution in [3.63, 3.8) is 0 Å². The van der Waals surface area contributed by atoms with Crippen molar-refractivity contribution in [1.82, 2.24) is 0 Å². The standard InChI is InChI=1S/C11H20O9/c12-4-1-18-6(9(16)7(4)14)3-20-11-10(17)8(15)5(13)2-19-11/h4-17H,1-3H2/t4-,5+,6+,7+,8-,9+,10+,11-/m0/s1. The van der Waals surface area contributed by atoms with Gasteiger partial charge in [0.05, 0.1) is 19.8 Å². The Morgan fingerprint density at radius 3 is 1.95 bits per heavy atom. The summed E-state index contributed by atoms with van der Waals surface area (Å²) in [4.78, 5) is 0. The average molecular weight is 296 g/mol. The third-order valence-corrected chi connectivity index (χ3v) is 3.49. The third-order valence-electron chi connectivity index (χ3n) is 3.49. The van der Waals surface area contributed by atoms with Gasteiger partial charge in [0.2, 0.25) is 0 Å². The molecule has 0 unspecified atom stereocenters. The zero-order chi connectivity index (χ0) is 14.9. The van der Waals surface area contributed by atoms with Crippen LogP contribution in [-0.4, -0.2) is 99.5 Å². The van der Waals surface area contributed by atoms with E-state index < -0.39 is 49.0 Å². The molecule has 0 bridgehead atoms. The maximum Gasteiger partial charge on any atom is 0.186 e. The van der Waals surface area contributed by atoms with E-state index in [2.05, 4.69) is 0 Å². The van der Waals surface area contributed by atoms with E-state index in [1.807, 2.05) is 0 Å². The minimum absolute atomic E-state index is 0.151. The van der Waals surface area contributed by atoms with Crippen LogP contribution in [0.25, 0.3) is 0 Å². The Bertz CT molecular complexity index is 284. The molecule has 20 heavy (non-hydrogen) atoms. The quantitative estimate of drug-likeness (QED) is 0.306. The maximum atomic E-state index is 9.69. The fourth-order valence-electron chi connectivity index (χ4n) is 2.13. The molecular formula is C11H20O9. The first-order valence-electron chi connectivity index (χ1n) is 6.35. The molecule has 0 radical (unpaired) electrons. The molecule has 0 aliphatic carbocycles. The lowest BCUT2D eigenvalue weighted by Crippen LogP contribution is -2.57. The van der Waals surface area contributed by atoms with Gasteiger partial charge in [-0.1, -0.05) is 0 Å².